The molecule has 1 fully saturated rings. The molecule has 0 aromatic heterocycles. The molecule has 1 unspecified atom stereocenters. The van der Waals surface area contributed by atoms with E-state index < -0.39 is 0 Å². The van der Waals surface area contributed by atoms with Gasteiger partial charge in [0.25, 0.3) is 0 Å². The molecular formula is C14H25NO2. The standard InChI is InChI=1S/C14H25NO2/c1-7-12(16)17-11(2)15-13(3,4)9-8-10-14(15,5)6/h7,11H,1,8-10H2,2-6H3. The monoisotopic (exact) mass is 239 g/mol. The summed E-state index contributed by atoms with van der Waals surface area (Å²) >= 11 is 0. The van der Waals surface area contributed by atoms with Gasteiger partial charge in [0.15, 0.2) is 6.23 Å². The molecule has 0 saturated carbocycles. The lowest BCUT2D eigenvalue weighted by Crippen LogP contribution is -2.62. The Labute approximate surface area is 105 Å². The second kappa shape index (κ2) is 4.81. The van der Waals surface area contributed by atoms with E-state index in [0.29, 0.717) is 0 Å². The molecule has 0 aromatic carbocycles. The molecule has 17 heavy (non-hydrogen) atoms. The predicted octanol–water partition coefficient (Wildman–Crippen LogP) is 3.10. The number of hydrogen-bond acceptors (Lipinski definition) is 3. The van der Waals surface area contributed by atoms with Crippen molar-refractivity contribution in [2.24, 2.45) is 0 Å². The lowest BCUT2D eigenvalue weighted by molar-refractivity contribution is -0.175. The van der Waals surface area contributed by atoms with Gasteiger partial charge in [0.2, 0.25) is 0 Å². The third-order valence-electron chi connectivity index (χ3n) is 3.70. The Kier molecular flexibility index (Phi) is 4.03. The second-order valence-corrected chi connectivity index (χ2v) is 6.09. The van der Waals surface area contributed by atoms with E-state index in [1.165, 1.54) is 12.5 Å². The summed E-state index contributed by atoms with van der Waals surface area (Å²) in [5.41, 5.74) is 0.116. The van der Waals surface area contributed by atoms with Gasteiger partial charge in [-0.1, -0.05) is 6.58 Å². The van der Waals surface area contributed by atoms with Crippen LogP contribution in [0.5, 0.6) is 0 Å². The molecule has 0 spiro atoms. The van der Waals surface area contributed by atoms with Gasteiger partial charge in [-0.15, -0.1) is 0 Å². The summed E-state index contributed by atoms with van der Waals surface area (Å²) in [4.78, 5) is 13.6. The van der Waals surface area contributed by atoms with Gasteiger partial charge in [0, 0.05) is 17.2 Å². The summed E-state index contributed by atoms with van der Waals surface area (Å²) in [6, 6.07) is 0. The van der Waals surface area contributed by atoms with Crippen LogP contribution in [0.1, 0.15) is 53.9 Å². The summed E-state index contributed by atoms with van der Waals surface area (Å²) in [6.45, 7) is 14.2. The Morgan fingerprint density at radius 1 is 1.29 bits per heavy atom. The van der Waals surface area contributed by atoms with E-state index in [-0.39, 0.29) is 23.3 Å². The zero-order valence-corrected chi connectivity index (χ0v) is 11.7. The van der Waals surface area contributed by atoms with Crippen molar-refractivity contribution in [3.8, 4) is 0 Å². The largest absolute Gasteiger partial charge is 0.443 e. The van der Waals surface area contributed by atoms with Crippen LogP contribution in [-0.2, 0) is 9.53 Å². The van der Waals surface area contributed by atoms with Crippen molar-refractivity contribution in [3.05, 3.63) is 12.7 Å². The van der Waals surface area contributed by atoms with Gasteiger partial charge in [-0.05, 0) is 53.9 Å². The van der Waals surface area contributed by atoms with Gasteiger partial charge in [-0.2, -0.15) is 0 Å². The topological polar surface area (TPSA) is 29.5 Å². The molecule has 1 heterocycles. The fourth-order valence-electron chi connectivity index (χ4n) is 3.27. The van der Waals surface area contributed by atoms with Gasteiger partial charge >= 0.3 is 5.97 Å². The highest BCUT2D eigenvalue weighted by molar-refractivity contribution is 5.81. The molecule has 1 atom stereocenters. The van der Waals surface area contributed by atoms with Crippen LogP contribution < -0.4 is 0 Å². The first kappa shape index (κ1) is 14.2. The third-order valence-corrected chi connectivity index (χ3v) is 3.70. The van der Waals surface area contributed by atoms with Gasteiger partial charge in [-0.3, -0.25) is 4.90 Å². The first-order valence-electron chi connectivity index (χ1n) is 6.33. The van der Waals surface area contributed by atoms with Crippen LogP contribution in [0, 0.1) is 0 Å². The number of piperidine rings is 1. The van der Waals surface area contributed by atoms with E-state index in [1.807, 2.05) is 6.92 Å². The Morgan fingerprint density at radius 3 is 2.18 bits per heavy atom. The highest BCUT2D eigenvalue weighted by atomic mass is 16.6. The minimum absolute atomic E-state index is 0.0582. The molecule has 1 saturated heterocycles. The van der Waals surface area contributed by atoms with Crippen LogP contribution in [0.3, 0.4) is 0 Å². The van der Waals surface area contributed by atoms with Crippen LogP contribution >= 0.6 is 0 Å². The van der Waals surface area contributed by atoms with Crippen molar-refractivity contribution >= 4 is 5.97 Å². The van der Waals surface area contributed by atoms with Gasteiger partial charge in [-0.25, -0.2) is 4.79 Å². The normalized spacial score (nSPS) is 25.0. The Balaban J connectivity index is 2.89. The molecule has 98 valence electrons. The zero-order chi connectivity index (χ0) is 13.3. The van der Waals surface area contributed by atoms with E-state index in [2.05, 4.69) is 39.2 Å². The summed E-state index contributed by atoms with van der Waals surface area (Å²) in [6.07, 6.45) is 4.49. The summed E-state index contributed by atoms with van der Waals surface area (Å²) in [5.74, 6) is -0.352. The van der Waals surface area contributed by atoms with Crippen LogP contribution in [0.4, 0.5) is 0 Å². The van der Waals surface area contributed by atoms with Crippen molar-refractivity contribution in [1.82, 2.24) is 4.90 Å². The second-order valence-electron chi connectivity index (χ2n) is 6.09. The van der Waals surface area contributed by atoms with Crippen molar-refractivity contribution in [2.75, 3.05) is 0 Å². The maximum Gasteiger partial charge on any atom is 0.331 e. The number of likely N-dealkylation sites (tertiary alicyclic amines) is 1. The van der Waals surface area contributed by atoms with Crippen LogP contribution in [0.15, 0.2) is 12.7 Å². The lowest BCUT2D eigenvalue weighted by atomic mass is 9.79. The number of carbonyl (C=O) groups is 1. The number of rotatable bonds is 3. The Morgan fingerprint density at radius 2 is 1.76 bits per heavy atom. The molecular weight excluding hydrogens is 214 g/mol. The Bertz CT molecular complexity index is 291. The number of carbonyl (C=O) groups excluding carboxylic acids is 1. The van der Waals surface area contributed by atoms with E-state index in [4.69, 9.17) is 4.74 Å². The molecule has 3 nitrogen and oxygen atoms in total. The molecule has 0 amide bonds. The first-order valence-corrected chi connectivity index (χ1v) is 6.33. The molecule has 0 bridgehead atoms. The summed E-state index contributed by atoms with van der Waals surface area (Å²) < 4.78 is 5.38. The smallest absolute Gasteiger partial charge is 0.331 e. The van der Waals surface area contributed by atoms with Gasteiger partial charge < -0.3 is 4.74 Å². The fourth-order valence-corrected chi connectivity index (χ4v) is 3.27. The summed E-state index contributed by atoms with van der Waals surface area (Å²) in [7, 11) is 0. The number of esters is 1. The van der Waals surface area contributed by atoms with E-state index >= 15 is 0 Å². The van der Waals surface area contributed by atoms with E-state index in [0.717, 1.165) is 12.8 Å². The quantitative estimate of drug-likeness (QED) is 0.560. The van der Waals surface area contributed by atoms with Crippen molar-refractivity contribution in [2.45, 2.75) is 71.2 Å². The number of ether oxygens (including phenoxy) is 1. The molecule has 0 N–H and O–H groups in total. The molecule has 3 heteroatoms. The lowest BCUT2D eigenvalue weighted by Gasteiger charge is -2.54. The number of hydrogen-bond donors (Lipinski definition) is 0. The number of nitrogens with zero attached hydrogens (tertiary/aromatic N) is 1. The fraction of sp³-hybridized carbons (Fsp3) is 0.786. The summed E-state index contributed by atoms with van der Waals surface area (Å²) in [5, 5.41) is 0. The minimum atomic E-state index is -0.352. The molecule has 1 aliphatic heterocycles. The van der Waals surface area contributed by atoms with Gasteiger partial charge in [0.1, 0.15) is 0 Å². The van der Waals surface area contributed by atoms with Crippen LogP contribution in [-0.4, -0.2) is 28.2 Å². The molecule has 1 rings (SSSR count). The van der Waals surface area contributed by atoms with Crippen LogP contribution in [0.2, 0.25) is 0 Å². The molecule has 0 aromatic rings. The maximum atomic E-state index is 11.3. The highest BCUT2D eigenvalue weighted by Crippen LogP contribution is 2.39. The van der Waals surface area contributed by atoms with Crippen molar-refractivity contribution in [3.63, 3.8) is 0 Å². The van der Waals surface area contributed by atoms with Crippen molar-refractivity contribution < 1.29 is 9.53 Å². The van der Waals surface area contributed by atoms with Gasteiger partial charge in [0.05, 0.1) is 0 Å². The predicted molar refractivity (Wildman–Crippen MR) is 69.6 cm³/mol. The minimum Gasteiger partial charge on any atom is -0.443 e. The van der Waals surface area contributed by atoms with E-state index in [9.17, 15) is 4.79 Å². The third kappa shape index (κ3) is 3.09. The first-order chi connectivity index (χ1) is 7.70. The zero-order valence-electron chi connectivity index (χ0n) is 11.7. The maximum absolute atomic E-state index is 11.3. The van der Waals surface area contributed by atoms with Crippen LogP contribution in [0.25, 0.3) is 0 Å². The molecule has 0 radical (unpaired) electrons. The average molecular weight is 239 g/mol. The Hall–Kier alpha value is -0.830. The molecule has 1 aliphatic rings. The van der Waals surface area contributed by atoms with E-state index in [1.54, 1.807) is 0 Å². The van der Waals surface area contributed by atoms with Crippen molar-refractivity contribution in [1.29, 1.82) is 0 Å². The highest BCUT2D eigenvalue weighted by Gasteiger charge is 2.44. The SMILES string of the molecule is C=CC(=O)OC(C)N1C(C)(C)CCCC1(C)C. The average Bonchev–Trinajstić information content (AvgIpc) is 2.14. The molecule has 0 aliphatic carbocycles.